The minimum absolute atomic E-state index is 0.0850. The van der Waals surface area contributed by atoms with Crippen LogP contribution in [-0.2, 0) is 17.6 Å². The van der Waals surface area contributed by atoms with Crippen molar-refractivity contribution in [1.82, 2.24) is 0 Å². The molecular weight excluding hydrogens is 484 g/mol. The van der Waals surface area contributed by atoms with Gasteiger partial charge in [-0.2, -0.15) is 0 Å². The highest BCUT2D eigenvalue weighted by molar-refractivity contribution is 5.87. The maximum atomic E-state index is 12.5. The Morgan fingerprint density at radius 1 is 1.11 bits per heavy atom. The van der Waals surface area contributed by atoms with Crippen LogP contribution >= 0.6 is 0 Å². The second-order valence-electron chi connectivity index (χ2n) is 9.57. The predicted molar refractivity (Wildman–Crippen MR) is 151 cm³/mol. The van der Waals surface area contributed by atoms with Crippen LogP contribution in [0.3, 0.4) is 0 Å². The highest BCUT2D eigenvalue weighted by atomic mass is 16.6. The first-order chi connectivity index (χ1) is 18.2. The molecule has 0 aromatic heterocycles. The number of phenols is 1. The average Bonchev–Trinajstić information content (AvgIpc) is 2.88. The summed E-state index contributed by atoms with van der Waals surface area (Å²) < 4.78 is 11.0. The summed E-state index contributed by atoms with van der Waals surface area (Å²) in [5.74, 6) is 0.642. The van der Waals surface area contributed by atoms with E-state index in [0.29, 0.717) is 23.4 Å². The van der Waals surface area contributed by atoms with Crippen LogP contribution in [0.25, 0.3) is 0 Å². The van der Waals surface area contributed by atoms with E-state index < -0.39 is 11.0 Å². The molecule has 0 spiro atoms. The number of nitro groups is 1. The van der Waals surface area contributed by atoms with Crippen molar-refractivity contribution in [3.63, 3.8) is 0 Å². The number of carbonyl (C=O) groups excluding carboxylic acids is 1. The van der Waals surface area contributed by atoms with E-state index in [0.717, 1.165) is 44.1 Å². The highest BCUT2D eigenvalue weighted by Gasteiger charge is 2.20. The van der Waals surface area contributed by atoms with Crippen LogP contribution in [0.1, 0.15) is 70.9 Å². The molecule has 0 aliphatic rings. The number of rotatable bonds is 14. The first-order valence-corrected chi connectivity index (χ1v) is 13.0. The van der Waals surface area contributed by atoms with E-state index in [1.54, 1.807) is 6.07 Å². The van der Waals surface area contributed by atoms with Crippen LogP contribution in [0, 0.1) is 10.1 Å². The molecule has 0 radical (unpaired) electrons. The van der Waals surface area contributed by atoms with Crippen molar-refractivity contribution in [3.8, 4) is 11.5 Å². The smallest absolute Gasteiger partial charge is 0.416 e. The fourth-order valence-corrected chi connectivity index (χ4v) is 3.94. The van der Waals surface area contributed by atoms with Crippen LogP contribution in [0.2, 0.25) is 0 Å². The van der Waals surface area contributed by atoms with Gasteiger partial charge >= 0.3 is 6.09 Å². The minimum atomic E-state index is -0.668. The zero-order chi connectivity index (χ0) is 28.1. The quantitative estimate of drug-likeness (QED) is 0.0886. The van der Waals surface area contributed by atoms with Crippen molar-refractivity contribution in [2.45, 2.75) is 72.6 Å². The molecule has 8 nitrogen and oxygen atoms in total. The number of carbonyl (C=O) groups is 1. The molecule has 0 fully saturated rings. The average molecular weight is 525 g/mol. The molecule has 0 atom stereocenters. The van der Waals surface area contributed by atoms with Crippen LogP contribution in [0.5, 0.6) is 11.5 Å². The molecule has 2 aromatic carbocycles. The van der Waals surface area contributed by atoms with E-state index in [9.17, 15) is 20.0 Å². The lowest BCUT2D eigenvalue weighted by Crippen LogP contribution is -2.34. The molecule has 0 aliphatic heterocycles. The third-order valence-corrected chi connectivity index (χ3v) is 6.18. The Balaban J connectivity index is 2.33. The van der Waals surface area contributed by atoms with Gasteiger partial charge in [0.1, 0.15) is 11.5 Å². The van der Waals surface area contributed by atoms with Crippen LogP contribution in [0.4, 0.5) is 16.2 Å². The number of phenolic OH excluding ortho intramolecular Hbond substituents is 1. The number of nitrogens with zero attached hydrogens (tertiary/aromatic N) is 2. The summed E-state index contributed by atoms with van der Waals surface area (Å²) in [4.78, 5) is 24.3. The topological polar surface area (TPSA) is 102 Å². The number of unbranched alkanes of at least 4 members (excludes halogenated alkanes) is 2. The van der Waals surface area contributed by atoms with Gasteiger partial charge in [0.25, 0.3) is 5.69 Å². The number of methoxy groups -OCH3 is 1. The summed E-state index contributed by atoms with van der Waals surface area (Å²) in [6, 6.07) is 9.29. The Morgan fingerprint density at radius 3 is 2.42 bits per heavy atom. The van der Waals surface area contributed by atoms with E-state index in [1.807, 2.05) is 6.07 Å². The Kier molecular flexibility index (Phi) is 12.4. The van der Waals surface area contributed by atoms with Gasteiger partial charge in [-0.3, -0.25) is 10.1 Å². The van der Waals surface area contributed by atoms with Gasteiger partial charge in [0, 0.05) is 17.7 Å². The summed E-state index contributed by atoms with van der Waals surface area (Å²) in [6.07, 6.45) is 9.96. The fraction of sp³-hybridized carbons (Fsp3) is 0.433. The zero-order valence-corrected chi connectivity index (χ0v) is 23.2. The molecule has 2 aromatic rings. The number of amides is 1. The summed E-state index contributed by atoms with van der Waals surface area (Å²) in [6.45, 7) is 8.18. The molecule has 0 saturated carbocycles. The molecular formula is C30H40N2O6. The molecule has 206 valence electrons. The lowest BCUT2D eigenvalue weighted by atomic mass is 10.00. The highest BCUT2D eigenvalue weighted by Crippen LogP contribution is 2.33. The van der Waals surface area contributed by atoms with Gasteiger partial charge in [-0.15, -0.1) is 0 Å². The second kappa shape index (κ2) is 15.4. The van der Waals surface area contributed by atoms with Crippen LogP contribution in [-0.4, -0.2) is 30.0 Å². The SMILES string of the molecule is CCCCCc1cc(O)c(CC=C(C)CCC=C(C)C)c(OCN(C(=O)OC)c2ccc([N+](=O)[O-])cc2)c1. The molecule has 2 rings (SSSR count). The molecule has 38 heavy (non-hydrogen) atoms. The van der Waals surface area contributed by atoms with Crippen LogP contribution < -0.4 is 9.64 Å². The number of anilines is 1. The molecule has 0 bridgehead atoms. The maximum Gasteiger partial charge on any atom is 0.416 e. The van der Waals surface area contributed by atoms with Gasteiger partial charge < -0.3 is 14.6 Å². The van der Waals surface area contributed by atoms with Crippen molar-refractivity contribution >= 4 is 17.5 Å². The number of hydrogen-bond donors (Lipinski definition) is 1. The minimum Gasteiger partial charge on any atom is -0.508 e. The maximum absolute atomic E-state index is 12.5. The van der Waals surface area contributed by atoms with Crippen molar-refractivity contribution < 1.29 is 24.3 Å². The van der Waals surface area contributed by atoms with Gasteiger partial charge in [-0.25, -0.2) is 9.69 Å². The summed E-state index contributed by atoms with van der Waals surface area (Å²) in [5.41, 5.74) is 4.40. The van der Waals surface area contributed by atoms with E-state index in [4.69, 9.17) is 9.47 Å². The predicted octanol–water partition coefficient (Wildman–Crippen LogP) is 7.88. The molecule has 1 N–H and O–H groups in total. The number of nitro benzene ring substituents is 1. The first-order valence-electron chi connectivity index (χ1n) is 13.0. The normalized spacial score (nSPS) is 11.1. The van der Waals surface area contributed by atoms with Crippen molar-refractivity contribution in [3.05, 3.63) is 80.9 Å². The lowest BCUT2D eigenvalue weighted by Gasteiger charge is -2.23. The molecule has 1 amide bonds. The van der Waals surface area contributed by atoms with Crippen molar-refractivity contribution in [1.29, 1.82) is 0 Å². The van der Waals surface area contributed by atoms with E-state index in [-0.39, 0.29) is 18.2 Å². The van der Waals surface area contributed by atoms with E-state index >= 15 is 0 Å². The van der Waals surface area contributed by atoms with Crippen molar-refractivity contribution in [2.24, 2.45) is 0 Å². The molecule has 0 heterocycles. The second-order valence-corrected chi connectivity index (χ2v) is 9.57. The lowest BCUT2D eigenvalue weighted by molar-refractivity contribution is -0.384. The third kappa shape index (κ3) is 9.57. The summed E-state index contributed by atoms with van der Waals surface area (Å²) in [7, 11) is 1.26. The number of non-ortho nitro benzene ring substituents is 1. The zero-order valence-electron chi connectivity index (χ0n) is 23.2. The fourth-order valence-electron chi connectivity index (χ4n) is 3.94. The largest absolute Gasteiger partial charge is 0.508 e. The third-order valence-electron chi connectivity index (χ3n) is 6.18. The van der Waals surface area contributed by atoms with Gasteiger partial charge in [0.05, 0.1) is 17.7 Å². The van der Waals surface area contributed by atoms with E-state index in [2.05, 4.69) is 39.8 Å². The molecule has 0 aliphatic carbocycles. The number of aromatic hydroxyl groups is 1. The number of benzene rings is 2. The van der Waals surface area contributed by atoms with Gasteiger partial charge in [0.2, 0.25) is 0 Å². The molecule has 0 saturated heterocycles. The standard InChI is InChI=1S/C30H40N2O6/c1-6-7-8-12-24-19-28(33)27(18-13-23(4)11-9-10-22(2)3)29(20-24)38-21-31(30(34)37-5)25-14-16-26(17-15-25)32(35)36/h10,13-17,19-20,33H,6-9,11-12,18,21H2,1-5H3. The van der Waals surface area contributed by atoms with Gasteiger partial charge in [-0.05, 0) is 82.7 Å². The Bertz CT molecular complexity index is 1130. The summed E-state index contributed by atoms with van der Waals surface area (Å²) in [5, 5.41) is 21.9. The van der Waals surface area contributed by atoms with Gasteiger partial charge in [0.15, 0.2) is 6.73 Å². The Labute approximate surface area is 225 Å². The number of aryl methyl sites for hydroxylation is 1. The van der Waals surface area contributed by atoms with Crippen LogP contribution in [0.15, 0.2) is 59.7 Å². The van der Waals surface area contributed by atoms with Crippen molar-refractivity contribution in [2.75, 3.05) is 18.7 Å². The first kappa shape index (κ1) is 30.4. The Hall–Kier alpha value is -3.81. The number of hydrogen-bond acceptors (Lipinski definition) is 6. The number of allylic oxidation sites excluding steroid dienone is 4. The molecule has 8 heteroatoms. The molecule has 0 unspecified atom stereocenters. The van der Waals surface area contributed by atoms with E-state index in [1.165, 1.54) is 47.4 Å². The summed E-state index contributed by atoms with van der Waals surface area (Å²) >= 11 is 0. The monoisotopic (exact) mass is 524 g/mol. The Morgan fingerprint density at radius 2 is 1.82 bits per heavy atom. The van der Waals surface area contributed by atoms with Gasteiger partial charge in [-0.1, -0.05) is 43.1 Å². The number of ether oxygens (including phenoxy) is 2.